The molecule has 0 atom stereocenters. The van der Waals surface area contributed by atoms with E-state index in [1.54, 1.807) is 7.11 Å². The average molecular weight is 287 g/mol. The van der Waals surface area contributed by atoms with Crippen molar-refractivity contribution in [3.63, 3.8) is 0 Å². The molecule has 0 fully saturated rings. The SMILES string of the molecule is COc1ccc(CNc2ccccc2NC(N)=S)cc1. The van der Waals surface area contributed by atoms with Crippen molar-refractivity contribution >= 4 is 28.7 Å². The lowest BCUT2D eigenvalue weighted by molar-refractivity contribution is 0.414. The average Bonchev–Trinajstić information content (AvgIpc) is 2.46. The first-order valence-corrected chi connectivity index (χ1v) is 6.62. The normalized spacial score (nSPS) is 9.85. The molecule has 0 saturated carbocycles. The Kier molecular flexibility index (Phi) is 4.79. The van der Waals surface area contributed by atoms with Gasteiger partial charge in [-0.3, -0.25) is 0 Å². The zero-order valence-electron chi connectivity index (χ0n) is 11.2. The van der Waals surface area contributed by atoms with Gasteiger partial charge in [-0.25, -0.2) is 0 Å². The molecule has 4 N–H and O–H groups in total. The second-order valence-corrected chi connectivity index (χ2v) is 4.68. The maximum atomic E-state index is 5.51. The maximum Gasteiger partial charge on any atom is 0.168 e. The van der Waals surface area contributed by atoms with E-state index in [4.69, 9.17) is 22.7 Å². The summed E-state index contributed by atoms with van der Waals surface area (Å²) in [6, 6.07) is 15.7. The third kappa shape index (κ3) is 3.86. The predicted octanol–water partition coefficient (Wildman–Crippen LogP) is 2.96. The van der Waals surface area contributed by atoms with E-state index < -0.39 is 0 Å². The first kappa shape index (κ1) is 14.1. The van der Waals surface area contributed by atoms with Crippen LogP contribution >= 0.6 is 12.2 Å². The van der Waals surface area contributed by atoms with Crippen molar-refractivity contribution in [2.45, 2.75) is 6.54 Å². The Morgan fingerprint density at radius 3 is 2.35 bits per heavy atom. The summed E-state index contributed by atoms with van der Waals surface area (Å²) in [6.07, 6.45) is 0. The Hall–Kier alpha value is -2.27. The molecule has 2 rings (SSSR count). The van der Waals surface area contributed by atoms with Gasteiger partial charge in [-0.2, -0.15) is 0 Å². The van der Waals surface area contributed by atoms with Crippen LogP contribution in [0.2, 0.25) is 0 Å². The fraction of sp³-hybridized carbons (Fsp3) is 0.133. The first-order chi connectivity index (χ1) is 9.69. The molecule has 0 aliphatic rings. The lowest BCUT2D eigenvalue weighted by Gasteiger charge is -2.13. The lowest BCUT2D eigenvalue weighted by atomic mass is 10.2. The molecule has 20 heavy (non-hydrogen) atoms. The molecule has 2 aromatic rings. The highest BCUT2D eigenvalue weighted by Gasteiger charge is 2.02. The summed E-state index contributed by atoms with van der Waals surface area (Å²) in [5.74, 6) is 0.851. The standard InChI is InChI=1S/C15H17N3OS/c1-19-12-8-6-11(7-9-12)10-17-13-4-2-3-5-14(13)18-15(16)20/h2-9,17H,10H2,1H3,(H3,16,18,20). The highest BCUT2D eigenvalue weighted by Crippen LogP contribution is 2.21. The van der Waals surface area contributed by atoms with Gasteiger partial charge >= 0.3 is 0 Å². The molecule has 5 heteroatoms. The first-order valence-electron chi connectivity index (χ1n) is 6.21. The third-order valence-corrected chi connectivity index (χ3v) is 2.93. The summed E-state index contributed by atoms with van der Waals surface area (Å²) in [5, 5.41) is 6.56. The quantitative estimate of drug-likeness (QED) is 0.738. The summed E-state index contributed by atoms with van der Waals surface area (Å²) in [4.78, 5) is 0. The molecule has 0 aromatic heterocycles. The number of benzene rings is 2. The highest BCUT2D eigenvalue weighted by molar-refractivity contribution is 7.80. The Labute approximate surface area is 123 Å². The van der Waals surface area contributed by atoms with Crippen LogP contribution in [0.25, 0.3) is 0 Å². The highest BCUT2D eigenvalue weighted by atomic mass is 32.1. The Balaban J connectivity index is 2.04. The van der Waals surface area contributed by atoms with Gasteiger partial charge in [0.1, 0.15) is 5.75 Å². The number of para-hydroxylation sites is 2. The number of ether oxygens (including phenoxy) is 1. The molecule has 0 aliphatic heterocycles. The van der Waals surface area contributed by atoms with Gasteiger partial charge in [-0.15, -0.1) is 0 Å². The van der Waals surface area contributed by atoms with Crippen LogP contribution in [0, 0.1) is 0 Å². The van der Waals surface area contributed by atoms with E-state index >= 15 is 0 Å². The van der Waals surface area contributed by atoms with Gasteiger partial charge in [-0.1, -0.05) is 24.3 Å². The minimum atomic E-state index is 0.253. The Bertz CT molecular complexity index is 584. The van der Waals surface area contributed by atoms with E-state index in [0.29, 0.717) is 6.54 Å². The van der Waals surface area contributed by atoms with Gasteiger partial charge in [0.25, 0.3) is 0 Å². The van der Waals surface area contributed by atoms with Crippen molar-refractivity contribution in [3.05, 3.63) is 54.1 Å². The van der Waals surface area contributed by atoms with Crippen LogP contribution in [-0.2, 0) is 6.54 Å². The Morgan fingerprint density at radius 2 is 1.75 bits per heavy atom. The fourth-order valence-electron chi connectivity index (χ4n) is 1.82. The molecular weight excluding hydrogens is 270 g/mol. The van der Waals surface area contributed by atoms with Crippen molar-refractivity contribution in [1.82, 2.24) is 0 Å². The van der Waals surface area contributed by atoms with Crippen LogP contribution < -0.4 is 21.1 Å². The molecular formula is C15H17N3OS. The van der Waals surface area contributed by atoms with Crippen molar-refractivity contribution in [2.24, 2.45) is 5.73 Å². The van der Waals surface area contributed by atoms with Gasteiger partial charge < -0.3 is 21.1 Å². The molecule has 4 nitrogen and oxygen atoms in total. The smallest absolute Gasteiger partial charge is 0.168 e. The van der Waals surface area contributed by atoms with Crippen LogP contribution in [-0.4, -0.2) is 12.2 Å². The molecule has 2 aromatic carbocycles. The van der Waals surface area contributed by atoms with Gasteiger partial charge in [-0.05, 0) is 42.0 Å². The number of methoxy groups -OCH3 is 1. The number of thiocarbonyl (C=S) groups is 1. The summed E-state index contributed by atoms with van der Waals surface area (Å²) >= 11 is 4.87. The van der Waals surface area contributed by atoms with Gasteiger partial charge in [0, 0.05) is 6.54 Å². The molecule has 0 unspecified atom stereocenters. The number of nitrogens with two attached hydrogens (primary N) is 1. The van der Waals surface area contributed by atoms with Crippen molar-refractivity contribution in [2.75, 3.05) is 17.7 Å². The molecule has 0 aliphatic carbocycles. The van der Waals surface area contributed by atoms with Crippen LogP contribution in [0.4, 0.5) is 11.4 Å². The third-order valence-electron chi connectivity index (χ3n) is 2.83. The topological polar surface area (TPSA) is 59.3 Å². The molecule has 0 radical (unpaired) electrons. The van der Waals surface area contributed by atoms with Crippen LogP contribution in [0.5, 0.6) is 5.75 Å². The summed E-state index contributed by atoms with van der Waals surface area (Å²) in [5.41, 5.74) is 8.50. The van der Waals surface area contributed by atoms with E-state index in [2.05, 4.69) is 10.6 Å². The van der Waals surface area contributed by atoms with Crippen molar-refractivity contribution in [3.8, 4) is 5.75 Å². The second kappa shape index (κ2) is 6.77. The van der Waals surface area contributed by atoms with Gasteiger partial charge in [0.2, 0.25) is 0 Å². The number of anilines is 2. The van der Waals surface area contributed by atoms with Crippen LogP contribution in [0.1, 0.15) is 5.56 Å². The monoisotopic (exact) mass is 287 g/mol. The zero-order valence-corrected chi connectivity index (χ0v) is 12.0. The summed E-state index contributed by atoms with van der Waals surface area (Å²) in [6.45, 7) is 0.708. The van der Waals surface area contributed by atoms with Crippen LogP contribution in [0.15, 0.2) is 48.5 Å². The predicted molar refractivity (Wildman–Crippen MR) is 87.2 cm³/mol. The van der Waals surface area contributed by atoms with E-state index in [0.717, 1.165) is 22.7 Å². The number of nitrogens with one attached hydrogen (secondary N) is 2. The number of hydrogen-bond acceptors (Lipinski definition) is 3. The van der Waals surface area contributed by atoms with E-state index in [1.807, 2.05) is 48.5 Å². The summed E-state index contributed by atoms with van der Waals surface area (Å²) < 4.78 is 5.14. The van der Waals surface area contributed by atoms with E-state index in [-0.39, 0.29) is 5.11 Å². The van der Waals surface area contributed by atoms with E-state index in [9.17, 15) is 0 Å². The minimum absolute atomic E-state index is 0.253. The summed E-state index contributed by atoms with van der Waals surface area (Å²) in [7, 11) is 1.66. The maximum absolute atomic E-state index is 5.51. The molecule has 104 valence electrons. The lowest BCUT2D eigenvalue weighted by Crippen LogP contribution is -2.19. The molecule has 0 amide bonds. The van der Waals surface area contributed by atoms with Gasteiger partial charge in [0.05, 0.1) is 18.5 Å². The zero-order chi connectivity index (χ0) is 14.4. The molecule has 0 saturated heterocycles. The minimum Gasteiger partial charge on any atom is -0.497 e. The number of rotatable bonds is 5. The molecule has 0 bridgehead atoms. The van der Waals surface area contributed by atoms with E-state index in [1.165, 1.54) is 0 Å². The van der Waals surface area contributed by atoms with Gasteiger partial charge in [0.15, 0.2) is 5.11 Å². The Morgan fingerprint density at radius 1 is 1.10 bits per heavy atom. The van der Waals surface area contributed by atoms with Crippen molar-refractivity contribution in [1.29, 1.82) is 0 Å². The van der Waals surface area contributed by atoms with Crippen molar-refractivity contribution < 1.29 is 4.74 Å². The molecule has 0 heterocycles. The largest absolute Gasteiger partial charge is 0.497 e. The fourth-order valence-corrected chi connectivity index (χ4v) is 1.93. The molecule has 0 spiro atoms. The van der Waals surface area contributed by atoms with Crippen LogP contribution in [0.3, 0.4) is 0 Å². The second-order valence-electron chi connectivity index (χ2n) is 4.24. The number of hydrogen-bond donors (Lipinski definition) is 3.